The molecule has 43 heavy (non-hydrogen) atoms. The van der Waals surface area contributed by atoms with Crippen LogP contribution in [0.2, 0.25) is 0 Å². The molecule has 0 aromatic heterocycles. The van der Waals surface area contributed by atoms with Crippen molar-refractivity contribution >= 4 is 11.7 Å². The fourth-order valence-corrected chi connectivity index (χ4v) is 10.4. The van der Waals surface area contributed by atoms with Crippen molar-refractivity contribution in [3.63, 3.8) is 0 Å². The minimum absolute atomic E-state index is 0.0786. The number of carbonyl (C=O) groups excluding carboxylic acids is 1. The molecular formula is C34H48F3NO5. The average Bonchev–Trinajstić information content (AvgIpc) is 3.30. The number of alkyl halides is 2. The normalized spacial score (nSPS) is 38.9. The van der Waals surface area contributed by atoms with Gasteiger partial charge in [-0.25, -0.2) is 13.2 Å². The van der Waals surface area contributed by atoms with Crippen molar-refractivity contribution in [2.45, 2.75) is 110 Å². The van der Waals surface area contributed by atoms with Crippen molar-refractivity contribution in [1.82, 2.24) is 0 Å². The lowest BCUT2D eigenvalue weighted by Gasteiger charge is -2.62. The number of halogens is 3. The fourth-order valence-electron chi connectivity index (χ4n) is 10.4. The van der Waals surface area contributed by atoms with E-state index in [4.69, 9.17) is 9.47 Å². The van der Waals surface area contributed by atoms with Crippen LogP contribution in [-0.2, 0) is 9.53 Å². The van der Waals surface area contributed by atoms with Gasteiger partial charge in [0.25, 0.3) is 5.92 Å². The smallest absolute Gasteiger partial charge is 0.303 e. The number of benzene rings is 1. The van der Waals surface area contributed by atoms with Gasteiger partial charge in [0.05, 0.1) is 18.9 Å². The van der Waals surface area contributed by atoms with Gasteiger partial charge in [0.15, 0.2) is 0 Å². The molecule has 0 radical (unpaired) electrons. The van der Waals surface area contributed by atoms with Crippen molar-refractivity contribution < 1.29 is 37.8 Å². The zero-order valence-electron chi connectivity index (χ0n) is 26.1. The Labute approximate surface area is 253 Å². The summed E-state index contributed by atoms with van der Waals surface area (Å²) < 4.78 is 57.2. The zero-order valence-corrected chi connectivity index (χ0v) is 26.1. The molecule has 9 heteroatoms. The largest absolute Gasteiger partial charge is 0.496 e. The third-order valence-corrected chi connectivity index (χ3v) is 12.4. The molecule has 0 saturated heterocycles. The van der Waals surface area contributed by atoms with Crippen molar-refractivity contribution in [2.24, 2.45) is 51.5 Å². The molecule has 0 amide bonds. The van der Waals surface area contributed by atoms with Gasteiger partial charge in [-0.3, -0.25) is 4.79 Å². The predicted octanol–water partition coefficient (Wildman–Crippen LogP) is 7.95. The van der Waals surface area contributed by atoms with Gasteiger partial charge in [-0.2, -0.15) is 0 Å². The average molecular weight is 608 g/mol. The number of nitrogens with zero attached hydrogens (tertiary/aromatic N) is 1. The summed E-state index contributed by atoms with van der Waals surface area (Å²) in [5, 5.41) is 23.4. The lowest BCUT2D eigenvalue weighted by Crippen LogP contribution is -2.63. The number of aliphatic hydroxyl groups excluding tert-OH is 1. The van der Waals surface area contributed by atoms with Gasteiger partial charge in [0.1, 0.15) is 17.7 Å². The molecule has 6 nitrogen and oxygen atoms in total. The molecule has 240 valence electrons. The molecule has 4 aliphatic rings. The van der Waals surface area contributed by atoms with Gasteiger partial charge >= 0.3 is 5.97 Å². The number of methoxy groups -OCH3 is 1. The van der Waals surface area contributed by atoms with Crippen LogP contribution in [0.15, 0.2) is 23.4 Å². The summed E-state index contributed by atoms with van der Waals surface area (Å²) in [6, 6.07) is 4.23. The maximum absolute atomic E-state index is 16.2. The lowest BCUT2D eigenvalue weighted by molar-refractivity contribution is -0.221. The topological polar surface area (TPSA) is 88.3 Å². The van der Waals surface area contributed by atoms with Crippen LogP contribution in [0.5, 0.6) is 5.75 Å². The number of hydrogen-bond donors (Lipinski definition) is 2. The van der Waals surface area contributed by atoms with Gasteiger partial charge in [-0.15, -0.1) is 0 Å². The van der Waals surface area contributed by atoms with Gasteiger partial charge in [0, 0.05) is 36.8 Å². The van der Waals surface area contributed by atoms with Crippen molar-refractivity contribution in [3.05, 3.63) is 29.6 Å². The van der Waals surface area contributed by atoms with Crippen LogP contribution < -0.4 is 4.74 Å². The van der Waals surface area contributed by atoms with E-state index in [0.29, 0.717) is 42.4 Å². The van der Waals surface area contributed by atoms with Gasteiger partial charge in [-0.05, 0) is 98.0 Å². The molecule has 0 aliphatic heterocycles. The molecule has 5 rings (SSSR count). The van der Waals surface area contributed by atoms with Crippen molar-refractivity contribution in [3.8, 4) is 5.75 Å². The molecule has 1 aromatic carbocycles. The Morgan fingerprint density at radius 3 is 2.47 bits per heavy atom. The Morgan fingerprint density at radius 2 is 1.79 bits per heavy atom. The Bertz CT molecular complexity index is 1220. The van der Waals surface area contributed by atoms with E-state index >= 15 is 8.78 Å². The van der Waals surface area contributed by atoms with Crippen LogP contribution in [0.4, 0.5) is 13.2 Å². The second-order valence-corrected chi connectivity index (χ2v) is 14.5. The van der Waals surface area contributed by atoms with Crippen LogP contribution in [0.25, 0.3) is 0 Å². The number of ether oxygens (including phenoxy) is 2. The summed E-state index contributed by atoms with van der Waals surface area (Å²) in [5.41, 5.74) is 0.174. The summed E-state index contributed by atoms with van der Waals surface area (Å²) in [7, 11) is 1.46. The van der Waals surface area contributed by atoms with E-state index in [0.717, 1.165) is 38.5 Å². The highest BCUT2D eigenvalue weighted by atomic mass is 19.3. The Hall–Kier alpha value is -2.29. The zero-order chi connectivity index (χ0) is 31.3. The summed E-state index contributed by atoms with van der Waals surface area (Å²) in [5.74, 6) is -4.34. The van der Waals surface area contributed by atoms with Crippen LogP contribution >= 0.6 is 0 Å². The monoisotopic (exact) mass is 607 g/mol. The number of rotatable bonds is 8. The first-order valence-corrected chi connectivity index (χ1v) is 16.0. The molecule has 4 fully saturated rings. The van der Waals surface area contributed by atoms with E-state index in [1.54, 1.807) is 6.07 Å². The fraction of sp³-hybridized carbons (Fsp3) is 0.765. The van der Waals surface area contributed by atoms with Crippen LogP contribution in [0.1, 0.15) is 104 Å². The summed E-state index contributed by atoms with van der Waals surface area (Å²) in [6.07, 6.45) is 4.75. The number of oxime groups is 1. The Morgan fingerprint density at radius 1 is 1.09 bits per heavy atom. The highest BCUT2D eigenvalue weighted by Crippen LogP contribution is 2.71. The standard InChI is InChI=1S/C34H48F3NO5/c1-19(7-6-8-28(43-20(2)39)22-10-9-21(35)17-29(22)42-5)23-11-12-24-30-25(13-15-32(23,24)3)33(4)16-14-27(40)31(38-41)26(33)18-34(30,36)37/h9-10,17,19,23-28,30,40-41H,6-8,11-16,18H2,1-5H3/b38-31-/t19-,23-,24+,25+,26+,27+,28?,30+,32-,33-/m1/s1. The van der Waals surface area contributed by atoms with Crippen LogP contribution in [0, 0.1) is 52.2 Å². The quantitative estimate of drug-likeness (QED) is 0.178. The lowest BCUT2D eigenvalue weighted by atomic mass is 9.43. The number of esters is 1. The summed E-state index contributed by atoms with van der Waals surface area (Å²) in [4.78, 5) is 11.9. The van der Waals surface area contributed by atoms with Gasteiger partial charge in [-0.1, -0.05) is 32.3 Å². The van der Waals surface area contributed by atoms with E-state index in [-0.39, 0.29) is 29.4 Å². The Balaban J connectivity index is 1.30. The molecule has 2 N–H and O–H groups in total. The van der Waals surface area contributed by atoms with Crippen LogP contribution in [-0.4, -0.2) is 41.1 Å². The first-order chi connectivity index (χ1) is 20.3. The van der Waals surface area contributed by atoms with E-state index in [1.165, 1.54) is 26.2 Å². The summed E-state index contributed by atoms with van der Waals surface area (Å²) >= 11 is 0. The molecule has 0 bridgehead atoms. The predicted molar refractivity (Wildman–Crippen MR) is 157 cm³/mol. The maximum Gasteiger partial charge on any atom is 0.303 e. The van der Waals surface area contributed by atoms with Gasteiger partial charge in [0.2, 0.25) is 0 Å². The molecule has 0 spiro atoms. The highest BCUT2D eigenvalue weighted by molar-refractivity contribution is 5.92. The number of hydrogen-bond acceptors (Lipinski definition) is 6. The van der Waals surface area contributed by atoms with E-state index < -0.39 is 47.2 Å². The second-order valence-electron chi connectivity index (χ2n) is 14.5. The molecular weight excluding hydrogens is 559 g/mol. The third-order valence-electron chi connectivity index (χ3n) is 12.4. The highest BCUT2D eigenvalue weighted by Gasteiger charge is 2.69. The third kappa shape index (κ3) is 5.57. The SMILES string of the molecule is COc1cc(F)ccc1C(CCC[C@@H](C)[C@H]1CC[C@H]2[C@H]3[C@H](CC[C@]12C)[C@@]1(C)CC[C@H](O)/C(=N\O)[C@@H]1CC3(F)F)OC(C)=O. The second kappa shape index (κ2) is 11.9. The molecule has 4 aliphatic carbocycles. The van der Waals surface area contributed by atoms with Crippen molar-refractivity contribution in [2.75, 3.05) is 7.11 Å². The molecule has 4 saturated carbocycles. The molecule has 1 unspecified atom stereocenters. The van der Waals surface area contributed by atoms with E-state index in [2.05, 4.69) is 25.9 Å². The van der Waals surface area contributed by atoms with E-state index in [1.807, 2.05) is 0 Å². The minimum atomic E-state index is -2.89. The number of aliphatic hydroxyl groups is 1. The minimum Gasteiger partial charge on any atom is -0.496 e. The maximum atomic E-state index is 16.2. The number of carbonyl (C=O) groups is 1. The Kier molecular flexibility index (Phi) is 8.89. The first-order valence-electron chi connectivity index (χ1n) is 16.0. The first kappa shape index (κ1) is 32.1. The van der Waals surface area contributed by atoms with E-state index in [9.17, 15) is 19.5 Å². The molecule has 10 atom stereocenters. The number of fused-ring (bicyclic) bond motifs is 5. The van der Waals surface area contributed by atoms with Gasteiger partial charge < -0.3 is 19.8 Å². The van der Waals surface area contributed by atoms with Crippen molar-refractivity contribution in [1.29, 1.82) is 0 Å². The van der Waals surface area contributed by atoms with Crippen LogP contribution in [0.3, 0.4) is 0 Å². The summed E-state index contributed by atoms with van der Waals surface area (Å²) in [6.45, 7) is 7.92. The molecule has 0 heterocycles. The molecule has 1 aromatic rings.